The molecule has 26 heavy (non-hydrogen) atoms. The molecule has 0 bridgehead atoms. The molecule has 0 aliphatic carbocycles. The summed E-state index contributed by atoms with van der Waals surface area (Å²) in [5, 5.41) is 7.59. The van der Waals surface area contributed by atoms with Gasteiger partial charge in [0.05, 0.1) is 11.6 Å². The van der Waals surface area contributed by atoms with Crippen LogP contribution < -0.4 is 11.1 Å². The molecule has 3 heterocycles. The molecular weight excluding hydrogens is 328 g/mol. The number of carbonyl (C=O) groups excluding carboxylic acids is 1. The van der Waals surface area contributed by atoms with E-state index in [1.54, 1.807) is 6.20 Å². The summed E-state index contributed by atoms with van der Waals surface area (Å²) >= 11 is 0. The third kappa shape index (κ3) is 4.11. The lowest BCUT2D eigenvalue weighted by atomic mass is 9.96. The van der Waals surface area contributed by atoms with E-state index in [1.165, 1.54) is 5.56 Å². The van der Waals surface area contributed by atoms with Crippen LogP contribution in [-0.4, -0.2) is 51.8 Å². The number of piperidine rings is 1. The van der Waals surface area contributed by atoms with Crippen LogP contribution in [-0.2, 0) is 11.3 Å². The molecule has 3 rings (SSSR count). The lowest BCUT2D eigenvalue weighted by Crippen LogP contribution is -2.43. The van der Waals surface area contributed by atoms with Gasteiger partial charge in [-0.15, -0.1) is 0 Å². The summed E-state index contributed by atoms with van der Waals surface area (Å²) in [6.45, 7) is 7.75. The van der Waals surface area contributed by atoms with Gasteiger partial charge in [-0.3, -0.25) is 9.69 Å². The Balaban J connectivity index is 1.71. The van der Waals surface area contributed by atoms with Gasteiger partial charge in [-0.25, -0.2) is 9.67 Å². The van der Waals surface area contributed by atoms with E-state index < -0.39 is 0 Å². The number of likely N-dealkylation sites (tertiary alicyclic amines) is 1. The maximum absolute atomic E-state index is 12.3. The van der Waals surface area contributed by atoms with Gasteiger partial charge in [0.2, 0.25) is 5.91 Å². The average Bonchev–Trinajstić information content (AvgIpc) is 2.95. The number of aryl methyl sites for hydroxylation is 1. The first-order valence-corrected chi connectivity index (χ1v) is 9.26. The molecule has 2 aromatic heterocycles. The highest BCUT2D eigenvalue weighted by atomic mass is 16.1. The molecule has 1 aliphatic heterocycles. The Morgan fingerprint density at radius 2 is 2.23 bits per heavy atom. The van der Waals surface area contributed by atoms with Crippen LogP contribution >= 0.6 is 0 Å². The van der Waals surface area contributed by atoms with Gasteiger partial charge in [0.1, 0.15) is 0 Å². The van der Waals surface area contributed by atoms with Crippen LogP contribution in [0.4, 0.5) is 0 Å². The Morgan fingerprint density at radius 3 is 2.96 bits per heavy atom. The summed E-state index contributed by atoms with van der Waals surface area (Å²) in [4.78, 5) is 19.0. The third-order valence-corrected chi connectivity index (χ3v) is 5.01. The number of nitrogens with two attached hydrogens (primary N) is 1. The zero-order valence-corrected chi connectivity index (χ0v) is 15.6. The van der Waals surface area contributed by atoms with Crippen LogP contribution in [0.5, 0.6) is 0 Å². The molecule has 0 spiro atoms. The number of carbonyl (C=O) groups is 1. The number of hydrogen-bond acceptors (Lipinski definition) is 5. The molecular formula is C19H28N6O. The van der Waals surface area contributed by atoms with Crippen molar-refractivity contribution in [3.05, 3.63) is 41.3 Å². The van der Waals surface area contributed by atoms with Gasteiger partial charge in [0, 0.05) is 43.6 Å². The molecule has 7 nitrogen and oxygen atoms in total. The molecule has 0 radical (unpaired) electrons. The third-order valence-electron chi connectivity index (χ3n) is 5.01. The maximum Gasteiger partial charge on any atom is 0.224 e. The number of nitrogens with one attached hydrogen (secondary N) is 1. The monoisotopic (exact) mass is 356 g/mol. The van der Waals surface area contributed by atoms with Gasteiger partial charge in [0.15, 0.2) is 5.82 Å². The SMILES string of the molecule is Cc1nn(-c2ccccn2)c(C)c1CN1CCCC(C(=O)NCCN)C1. The minimum absolute atomic E-state index is 0.0433. The van der Waals surface area contributed by atoms with Crippen LogP contribution in [0.1, 0.15) is 29.8 Å². The zero-order valence-electron chi connectivity index (χ0n) is 15.6. The van der Waals surface area contributed by atoms with E-state index in [0.29, 0.717) is 13.1 Å². The van der Waals surface area contributed by atoms with Gasteiger partial charge in [-0.2, -0.15) is 5.10 Å². The van der Waals surface area contributed by atoms with Crippen molar-refractivity contribution in [3.8, 4) is 5.82 Å². The van der Waals surface area contributed by atoms with Gasteiger partial charge in [0.25, 0.3) is 0 Å². The molecule has 1 aliphatic rings. The van der Waals surface area contributed by atoms with E-state index in [1.807, 2.05) is 29.8 Å². The summed E-state index contributed by atoms with van der Waals surface area (Å²) in [6.07, 6.45) is 3.76. The molecule has 1 saturated heterocycles. The first-order valence-electron chi connectivity index (χ1n) is 9.26. The van der Waals surface area contributed by atoms with Crippen molar-refractivity contribution in [2.75, 3.05) is 26.2 Å². The summed E-state index contributed by atoms with van der Waals surface area (Å²) in [6, 6.07) is 5.83. The van der Waals surface area contributed by atoms with Crippen LogP contribution in [0.15, 0.2) is 24.4 Å². The second-order valence-corrected chi connectivity index (χ2v) is 6.90. The van der Waals surface area contributed by atoms with Gasteiger partial charge >= 0.3 is 0 Å². The number of aromatic nitrogens is 3. The lowest BCUT2D eigenvalue weighted by molar-refractivity contribution is -0.126. The van der Waals surface area contributed by atoms with Crippen molar-refractivity contribution >= 4 is 5.91 Å². The highest BCUT2D eigenvalue weighted by molar-refractivity contribution is 5.78. The number of hydrogen-bond donors (Lipinski definition) is 2. The Hall–Kier alpha value is -2.25. The van der Waals surface area contributed by atoms with Crippen molar-refractivity contribution in [1.29, 1.82) is 0 Å². The first kappa shape index (κ1) is 18.5. The first-order chi connectivity index (χ1) is 12.6. The summed E-state index contributed by atoms with van der Waals surface area (Å²) < 4.78 is 1.90. The quantitative estimate of drug-likeness (QED) is 0.811. The number of rotatable bonds is 6. The fourth-order valence-corrected chi connectivity index (χ4v) is 3.58. The second-order valence-electron chi connectivity index (χ2n) is 6.90. The molecule has 1 atom stereocenters. The normalized spacial score (nSPS) is 18.0. The van der Waals surface area contributed by atoms with Crippen LogP contribution in [0, 0.1) is 19.8 Å². The minimum Gasteiger partial charge on any atom is -0.355 e. The van der Waals surface area contributed by atoms with Crippen molar-refractivity contribution in [2.45, 2.75) is 33.2 Å². The highest BCUT2D eigenvalue weighted by Gasteiger charge is 2.27. The van der Waals surface area contributed by atoms with Crippen molar-refractivity contribution in [2.24, 2.45) is 11.7 Å². The molecule has 2 aromatic rings. The van der Waals surface area contributed by atoms with Gasteiger partial charge in [-0.05, 0) is 45.4 Å². The molecule has 140 valence electrons. The van der Waals surface area contributed by atoms with Crippen LogP contribution in [0.2, 0.25) is 0 Å². The Bertz CT molecular complexity index is 742. The topological polar surface area (TPSA) is 89.1 Å². The fourth-order valence-electron chi connectivity index (χ4n) is 3.58. The van der Waals surface area contributed by atoms with Crippen molar-refractivity contribution in [1.82, 2.24) is 25.0 Å². The van der Waals surface area contributed by atoms with E-state index in [4.69, 9.17) is 5.73 Å². The summed E-state index contributed by atoms with van der Waals surface area (Å²) in [5.74, 6) is 0.997. The van der Waals surface area contributed by atoms with Gasteiger partial charge in [-0.1, -0.05) is 6.07 Å². The predicted octanol–water partition coefficient (Wildman–Crippen LogP) is 1.17. The Morgan fingerprint density at radius 1 is 1.38 bits per heavy atom. The zero-order chi connectivity index (χ0) is 18.5. The molecule has 1 unspecified atom stereocenters. The van der Waals surface area contributed by atoms with E-state index in [0.717, 1.165) is 49.7 Å². The van der Waals surface area contributed by atoms with E-state index in [-0.39, 0.29) is 11.8 Å². The highest BCUT2D eigenvalue weighted by Crippen LogP contribution is 2.23. The molecule has 7 heteroatoms. The summed E-state index contributed by atoms with van der Waals surface area (Å²) in [7, 11) is 0. The minimum atomic E-state index is 0.0433. The van der Waals surface area contributed by atoms with Crippen molar-refractivity contribution in [3.63, 3.8) is 0 Å². The lowest BCUT2D eigenvalue weighted by Gasteiger charge is -2.32. The Labute approximate surface area is 154 Å². The number of nitrogens with zero attached hydrogens (tertiary/aromatic N) is 4. The smallest absolute Gasteiger partial charge is 0.224 e. The second kappa shape index (κ2) is 8.42. The predicted molar refractivity (Wildman–Crippen MR) is 101 cm³/mol. The molecule has 3 N–H and O–H groups in total. The van der Waals surface area contributed by atoms with E-state index in [9.17, 15) is 4.79 Å². The van der Waals surface area contributed by atoms with Gasteiger partial charge < -0.3 is 11.1 Å². The molecule has 1 amide bonds. The standard InChI is InChI=1S/C19H28N6O/c1-14-17(15(2)25(23-14)18-7-3-4-9-21-18)13-24-11-5-6-16(12-24)19(26)22-10-8-20/h3-4,7,9,16H,5-6,8,10-13,20H2,1-2H3,(H,22,26). The number of pyridine rings is 1. The van der Waals surface area contributed by atoms with Crippen molar-refractivity contribution < 1.29 is 4.79 Å². The van der Waals surface area contributed by atoms with Crippen LogP contribution in [0.3, 0.4) is 0 Å². The largest absolute Gasteiger partial charge is 0.355 e. The van der Waals surface area contributed by atoms with E-state index >= 15 is 0 Å². The summed E-state index contributed by atoms with van der Waals surface area (Å²) in [5.41, 5.74) is 8.82. The maximum atomic E-state index is 12.3. The average molecular weight is 356 g/mol. The number of amides is 1. The fraction of sp³-hybridized carbons (Fsp3) is 0.526. The molecule has 0 saturated carbocycles. The van der Waals surface area contributed by atoms with Crippen LogP contribution in [0.25, 0.3) is 5.82 Å². The van der Waals surface area contributed by atoms with E-state index in [2.05, 4.69) is 27.2 Å². The Kier molecular flexibility index (Phi) is 6.00. The molecule has 1 fully saturated rings. The molecule has 0 aromatic carbocycles.